The molecule has 0 spiro atoms. The van der Waals surface area contributed by atoms with Crippen molar-refractivity contribution < 1.29 is 23.9 Å². The molecule has 5 N–H and O–H groups in total. The van der Waals surface area contributed by atoms with Crippen LogP contribution < -0.4 is 21.3 Å². The number of benzene rings is 3. The summed E-state index contributed by atoms with van der Waals surface area (Å²) >= 11 is 0. The summed E-state index contributed by atoms with van der Waals surface area (Å²) in [6, 6.07) is 24.0. The molecule has 42 heavy (non-hydrogen) atoms. The normalized spacial score (nSPS) is 10.8. The summed E-state index contributed by atoms with van der Waals surface area (Å²) in [6.45, 7) is 3.93. The van der Waals surface area contributed by atoms with E-state index in [0.29, 0.717) is 12.3 Å². The van der Waals surface area contributed by atoms with Gasteiger partial charge in [0.2, 0.25) is 5.91 Å². The number of aromatic nitrogens is 2. The maximum atomic E-state index is 12.5. The minimum Gasteiger partial charge on any atom is -0.450 e. The highest BCUT2D eigenvalue weighted by Gasteiger charge is 2.17. The fraction of sp³-hybridized carbons (Fsp3) is 0.226. The molecule has 0 saturated carbocycles. The molecule has 4 rings (SSSR count). The van der Waals surface area contributed by atoms with Crippen LogP contribution >= 0.6 is 0 Å². The zero-order valence-corrected chi connectivity index (χ0v) is 24.1. The van der Waals surface area contributed by atoms with E-state index in [1.54, 1.807) is 20.2 Å². The van der Waals surface area contributed by atoms with Crippen molar-refractivity contribution in [3.8, 4) is 22.5 Å². The first kappa shape index (κ1) is 31.2. The second-order valence-electron chi connectivity index (χ2n) is 8.92. The summed E-state index contributed by atoms with van der Waals surface area (Å²) in [5, 5.41) is 10.8. The first-order chi connectivity index (χ1) is 20.3. The van der Waals surface area contributed by atoms with Gasteiger partial charge in [0.15, 0.2) is 0 Å². The van der Waals surface area contributed by atoms with Crippen LogP contribution in [0.2, 0.25) is 0 Å². The van der Waals surface area contributed by atoms with E-state index in [1.807, 2.05) is 85.9 Å². The van der Waals surface area contributed by atoms with Crippen LogP contribution in [0, 0.1) is 0 Å². The summed E-state index contributed by atoms with van der Waals surface area (Å²) in [6.07, 6.45) is 0.639. The number of hydrogen-bond donors (Lipinski definition) is 5. The van der Waals surface area contributed by atoms with Gasteiger partial charge in [-0.1, -0.05) is 54.6 Å². The standard InChI is InChI=1S/C27H27N5O3.C4H9NO2/c1-18(31-27(34)35-16-19-6-4-3-5-7-19)26(33)32-23-14-10-21(11-15-23)25-24(29-17-30-25)20-8-12-22(28-2)13-9-20;1-3-7-4(6)5-2/h3-15,17-18,28H,16H2,1-2H3,(H,29,30)(H,31,34)(H,32,33);3H2,1-2H3,(H,5,6)/t18-;/m0./s1. The Morgan fingerprint density at radius 2 is 1.48 bits per heavy atom. The summed E-state index contributed by atoms with van der Waals surface area (Å²) in [4.78, 5) is 42.3. The zero-order chi connectivity index (χ0) is 30.3. The van der Waals surface area contributed by atoms with Crippen molar-refractivity contribution >= 4 is 29.5 Å². The molecule has 0 bridgehead atoms. The molecule has 11 heteroatoms. The van der Waals surface area contributed by atoms with Crippen molar-refractivity contribution in [2.24, 2.45) is 0 Å². The Morgan fingerprint density at radius 3 is 2.07 bits per heavy atom. The first-order valence-electron chi connectivity index (χ1n) is 13.4. The molecule has 1 atom stereocenters. The largest absolute Gasteiger partial charge is 0.450 e. The van der Waals surface area contributed by atoms with Gasteiger partial charge < -0.3 is 35.7 Å². The molecule has 0 fully saturated rings. The van der Waals surface area contributed by atoms with Crippen molar-refractivity contribution in [2.75, 3.05) is 31.3 Å². The number of imidazole rings is 1. The number of nitrogens with one attached hydrogen (secondary N) is 5. The fourth-order valence-corrected chi connectivity index (χ4v) is 3.71. The lowest BCUT2D eigenvalue weighted by Gasteiger charge is -2.14. The quantitative estimate of drug-likeness (QED) is 0.180. The Morgan fingerprint density at radius 1 is 0.833 bits per heavy atom. The number of amides is 3. The van der Waals surface area contributed by atoms with Crippen LogP contribution in [-0.2, 0) is 20.9 Å². The number of anilines is 2. The third kappa shape index (κ3) is 9.40. The highest BCUT2D eigenvalue weighted by Crippen LogP contribution is 2.30. The summed E-state index contributed by atoms with van der Waals surface area (Å²) in [7, 11) is 3.40. The Kier molecular flexibility index (Phi) is 11.9. The second kappa shape index (κ2) is 16.1. The minimum atomic E-state index is -0.766. The highest BCUT2D eigenvalue weighted by atomic mass is 16.6. The number of nitrogens with zero attached hydrogens (tertiary/aromatic N) is 1. The topological polar surface area (TPSA) is 146 Å². The molecule has 1 heterocycles. The number of rotatable bonds is 9. The van der Waals surface area contributed by atoms with E-state index >= 15 is 0 Å². The molecule has 4 aromatic rings. The van der Waals surface area contributed by atoms with Crippen molar-refractivity contribution in [1.29, 1.82) is 0 Å². The molecule has 11 nitrogen and oxygen atoms in total. The van der Waals surface area contributed by atoms with Crippen molar-refractivity contribution in [3.05, 3.63) is 90.8 Å². The summed E-state index contributed by atoms with van der Waals surface area (Å²) in [5.41, 5.74) is 6.17. The monoisotopic (exact) mass is 572 g/mol. The van der Waals surface area contributed by atoms with Crippen molar-refractivity contribution in [2.45, 2.75) is 26.5 Å². The van der Waals surface area contributed by atoms with E-state index in [9.17, 15) is 14.4 Å². The van der Waals surface area contributed by atoms with E-state index in [0.717, 1.165) is 33.8 Å². The molecular formula is C31H36N6O5. The van der Waals surface area contributed by atoms with Crippen LogP contribution in [0.3, 0.4) is 0 Å². The predicted molar refractivity (Wildman–Crippen MR) is 163 cm³/mol. The second-order valence-corrected chi connectivity index (χ2v) is 8.92. The Bertz CT molecular complexity index is 1420. The van der Waals surface area contributed by atoms with Gasteiger partial charge in [0, 0.05) is 36.6 Å². The summed E-state index contributed by atoms with van der Waals surface area (Å²) < 4.78 is 9.61. The number of alkyl carbamates (subject to hydrolysis) is 2. The number of ether oxygens (including phenoxy) is 2. The summed E-state index contributed by atoms with van der Waals surface area (Å²) in [5.74, 6) is -0.346. The van der Waals surface area contributed by atoms with Gasteiger partial charge in [-0.25, -0.2) is 14.6 Å². The lowest BCUT2D eigenvalue weighted by atomic mass is 10.0. The number of aromatic amines is 1. The maximum absolute atomic E-state index is 12.5. The molecular weight excluding hydrogens is 536 g/mol. The lowest BCUT2D eigenvalue weighted by Crippen LogP contribution is -2.41. The van der Waals surface area contributed by atoms with Gasteiger partial charge in [-0.3, -0.25) is 4.79 Å². The molecule has 0 aliphatic heterocycles. The van der Waals surface area contributed by atoms with Crippen molar-refractivity contribution in [3.63, 3.8) is 0 Å². The predicted octanol–water partition coefficient (Wildman–Crippen LogP) is 5.40. The molecule has 0 saturated heterocycles. The van der Waals surface area contributed by atoms with E-state index < -0.39 is 12.1 Å². The molecule has 3 aromatic carbocycles. The number of H-pyrrole nitrogens is 1. The molecule has 0 aliphatic carbocycles. The van der Waals surface area contributed by atoms with Crippen molar-refractivity contribution in [1.82, 2.24) is 20.6 Å². The highest BCUT2D eigenvalue weighted by molar-refractivity contribution is 5.96. The molecule has 3 amide bonds. The zero-order valence-electron chi connectivity index (χ0n) is 24.1. The van der Waals surface area contributed by atoms with Gasteiger partial charge in [-0.15, -0.1) is 0 Å². The van der Waals surface area contributed by atoms with Gasteiger partial charge >= 0.3 is 12.2 Å². The third-order valence-electron chi connectivity index (χ3n) is 5.95. The molecule has 1 aromatic heterocycles. The van der Waals surface area contributed by atoms with Crippen LogP contribution in [0.5, 0.6) is 0 Å². The minimum absolute atomic E-state index is 0.137. The lowest BCUT2D eigenvalue weighted by molar-refractivity contribution is -0.117. The van der Waals surface area contributed by atoms with Gasteiger partial charge in [-0.2, -0.15) is 0 Å². The average Bonchev–Trinajstić information content (AvgIpc) is 3.51. The van der Waals surface area contributed by atoms with E-state index in [4.69, 9.17) is 4.74 Å². The van der Waals surface area contributed by atoms with Gasteiger partial charge in [-0.05, 0) is 43.7 Å². The van der Waals surface area contributed by atoms with E-state index in [2.05, 4.69) is 36.0 Å². The molecule has 220 valence electrons. The van der Waals surface area contributed by atoms with Gasteiger partial charge in [0.05, 0.1) is 24.3 Å². The van der Waals surface area contributed by atoms with E-state index in [1.165, 1.54) is 7.05 Å². The Balaban J connectivity index is 0.000000616. The number of carbonyl (C=O) groups is 3. The number of hydrogen-bond acceptors (Lipinski definition) is 7. The van der Waals surface area contributed by atoms with Crippen LogP contribution in [0.4, 0.5) is 21.0 Å². The van der Waals surface area contributed by atoms with Crippen LogP contribution in [0.1, 0.15) is 19.4 Å². The average molecular weight is 573 g/mol. The SMILES string of the molecule is CCOC(=O)NC.CNc1ccc(-c2nc[nH]c2-c2ccc(NC(=O)[C@H](C)NC(=O)OCc3ccccc3)cc2)cc1. The smallest absolute Gasteiger partial charge is 0.408 e. The molecule has 0 unspecified atom stereocenters. The Hall–Kier alpha value is -5.32. The maximum Gasteiger partial charge on any atom is 0.408 e. The van der Waals surface area contributed by atoms with Crippen LogP contribution in [-0.4, -0.2) is 54.8 Å². The fourth-order valence-electron chi connectivity index (χ4n) is 3.71. The Labute approximate surface area is 245 Å². The number of carbonyl (C=O) groups excluding carboxylic acids is 3. The van der Waals surface area contributed by atoms with Gasteiger partial charge in [0.1, 0.15) is 12.6 Å². The third-order valence-corrected chi connectivity index (χ3v) is 5.95. The van der Waals surface area contributed by atoms with E-state index in [-0.39, 0.29) is 18.6 Å². The van der Waals surface area contributed by atoms with Crippen LogP contribution in [0.15, 0.2) is 85.2 Å². The molecule has 0 aliphatic rings. The first-order valence-corrected chi connectivity index (χ1v) is 13.4. The molecule has 0 radical (unpaired) electrons. The van der Waals surface area contributed by atoms with Gasteiger partial charge in [0.25, 0.3) is 0 Å². The van der Waals surface area contributed by atoms with Crippen LogP contribution in [0.25, 0.3) is 22.5 Å².